The normalized spacial score (nSPS) is 20.1. The van der Waals surface area contributed by atoms with E-state index in [2.05, 4.69) is 0 Å². The Morgan fingerprint density at radius 3 is 2.71 bits per heavy atom. The zero-order valence-electron chi connectivity index (χ0n) is 12.4. The Morgan fingerprint density at radius 2 is 2.08 bits per heavy atom. The number of halogens is 1. The Kier molecular flexibility index (Phi) is 5.01. The highest BCUT2D eigenvalue weighted by Crippen LogP contribution is 2.41. The number of ether oxygens (including phenoxy) is 1. The van der Waals surface area contributed by atoms with E-state index in [1.165, 1.54) is 22.9 Å². The van der Waals surface area contributed by atoms with Gasteiger partial charge >= 0.3 is 5.97 Å². The lowest BCUT2D eigenvalue weighted by Crippen LogP contribution is -2.44. The number of carbonyl (C=O) groups excluding carboxylic acids is 1. The van der Waals surface area contributed by atoms with Gasteiger partial charge in [0.05, 0.1) is 6.26 Å². The molecule has 6 nitrogen and oxygen atoms in total. The SMILES string of the molecule is O=C(O)C1CSC(c2ccco2)N1C(=O)COc1ccc(Cl)cc1. The maximum atomic E-state index is 12.6. The molecule has 2 aromatic rings. The zero-order chi connectivity index (χ0) is 17.1. The molecular weight excluding hydrogens is 354 g/mol. The van der Waals surface area contributed by atoms with Crippen molar-refractivity contribution in [1.29, 1.82) is 0 Å². The van der Waals surface area contributed by atoms with E-state index in [-0.39, 0.29) is 6.61 Å². The van der Waals surface area contributed by atoms with Crippen LogP contribution in [-0.2, 0) is 9.59 Å². The Bertz CT molecular complexity index is 719. The van der Waals surface area contributed by atoms with Gasteiger partial charge in [0.1, 0.15) is 22.9 Å². The number of hydrogen-bond acceptors (Lipinski definition) is 5. The number of benzene rings is 1. The number of thioether (sulfide) groups is 1. The van der Waals surface area contributed by atoms with Crippen molar-refractivity contribution in [2.75, 3.05) is 12.4 Å². The molecule has 1 saturated heterocycles. The lowest BCUT2D eigenvalue weighted by molar-refractivity contribution is -0.150. The summed E-state index contributed by atoms with van der Waals surface area (Å²) in [5.41, 5.74) is 0. The highest BCUT2D eigenvalue weighted by atomic mass is 35.5. The zero-order valence-corrected chi connectivity index (χ0v) is 14.0. The maximum absolute atomic E-state index is 12.6. The Hall–Kier alpha value is -2.12. The van der Waals surface area contributed by atoms with Crippen LogP contribution in [0.3, 0.4) is 0 Å². The van der Waals surface area contributed by atoms with Gasteiger partial charge in [-0.2, -0.15) is 0 Å². The van der Waals surface area contributed by atoms with Gasteiger partial charge in [-0.05, 0) is 36.4 Å². The second kappa shape index (κ2) is 7.19. The Balaban J connectivity index is 1.73. The first-order chi connectivity index (χ1) is 11.6. The summed E-state index contributed by atoms with van der Waals surface area (Å²) in [7, 11) is 0. The van der Waals surface area contributed by atoms with Gasteiger partial charge in [-0.15, -0.1) is 11.8 Å². The summed E-state index contributed by atoms with van der Waals surface area (Å²) in [6.45, 7) is -0.261. The van der Waals surface area contributed by atoms with Crippen molar-refractivity contribution < 1.29 is 23.8 Å². The first-order valence-corrected chi connectivity index (χ1v) is 8.56. The summed E-state index contributed by atoms with van der Waals surface area (Å²) in [6, 6.07) is 9.11. The highest BCUT2D eigenvalue weighted by Gasteiger charge is 2.43. The number of furan rings is 1. The van der Waals surface area contributed by atoms with E-state index in [9.17, 15) is 14.7 Å². The number of nitrogens with zero attached hydrogens (tertiary/aromatic N) is 1. The summed E-state index contributed by atoms with van der Waals surface area (Å²) in [6.07, 6.45) is 1.50. The van der Waals surface area contributed by atoms with Crippen LogP contribution in [0, 0.1) is 0 Å². The fraction of sp³-hybridized carbons (Fsp3) is 0.250. The number of aliphatic carboxylic acids is 1. The molecule has 0 saturated carbocycles. The Morgan fingerprint density at radius 1 is 1.33 bits per heavy atom. The maximum Gasteiger partial charge on any atom is 0.327 e. The molecule has 1 aliphatic heterocycles. The first-order valence-electron chi connectivity index (χ1n) is 7.13. The predicted molar refractivity (Wildman–Crippen MR) is 89.1 cm³/mol. The number of hydrogen-bond donors (Lipinski definition) is 1. The van der Waals surface area contributed by atoms with Crippen LogP contribution in [0.2, 0.25) is 5.02 Å². The van der Waals surface area contributed by atoms with Gasteiger partial charge in [0, 0.05) is 10.8 Å². The number of amides is 1. The summed E-state index contributed by atoms with van der Waals surface area (Å²) in [5, 5.41) is 9.46. The molecule has 2 atom stereocenters. The minimum atomic E-state index is -1.05. The third-order valence-corrected chi connectivity index (χ3v) is 5.07. The molecule has 2 heterocycles. The third kappa shape index (κ3) is 3.52. The predicted octanol–water partition coefficient (Wildman–Crippen LogP) is 3.04. The summed E-state index contributed by atoms with van der Waals surface area (Å²) < 4.78 is 10.8. The lowest BCUT2D eigenvalue weighted by atomic mass is 10.2. The average Bonchev–Trinajstić information content (AvgIpc) is 3.22. The molecule has 24 heavy (non-hydrogen) atoms. The summed E-state index contributed by atoms with van der Waals surface area (Å²) in [5.74, 6) is -0.127. The molecule has 1 amide bonds. The van der Waals surface area contributed by atoms with E-state index in [1.54, 1.807) is 36.4 Å². The highest BCUT2D eigenvalue weighted by molar-refractivity contribution is 7.99. The van der Waals surface area contributed by atoms with Crippen molar-refractivity contribution in [1.82, 2.24) is 4.90 Å². The second-order valence-corrected chi connectivity index (χ2v) is 6.65. The second-order valence-electron chi connectivity index (χ2n) is 5.10. The average molecular weight is 368 g/mol. The van der Waals surface area contributed by atoms with Crippen molar-refractivity contribution in [3.8, 4) is 5.75 Å². The molecule has 8 heteroatoms. The van der Waals surface area contributed by atoms with E-state index in [0.717, 1.165) is 0 Å². The minimum Gasteiger partial charge on any atom is -0.484 e. The molecule has 1 aliphatic rings. The van der Waals surface area contributed by atoms with Crippen molar-refractivity contribution >= 4 is 35.2 Å². The van der Waals surface area contributed by atoms with Crippen LogP contribution in [0.1, 0.15) is 11.1 Å². The minimum absolute atomic E-state index is 0.261. The smallest absolute Gasteiger partial charge is 0.327 e. The number of carbonyl (C=O) groups is 2. The molecule has 126 valence electrons. The van der Waals surface area contributed by atoms with E-state index in [4.69, 9.17) is 20.8 Å². The van der Waals surface area contributed by atoms with E-state index in [1.807, 2.05) is 0 Å². The molecule has 1 aromatic heterocycles. The standard InChI is InChI=1S/C16H14ClNO5S/c17-10-3-5-11(6-4-10)23-8-14(19)18-12(16(20)21)9-24-15(18)13-2-1-7-22-13/h1-7,12,15H,8-9H2,(H,20,21). The number of carboxylic acid groups (broad SMARTS) is 1. The van der Waals surface area contributed by atoms with Gasteiger partial charge in [-0.25, -0.2) is 4.79 Å². The molecule has 1 N–H and O–H groups in total. The van der Waals surface area contributed by atoms with Gasteiger partial charge < -0.3 is 19.2 Å². The lowest BCUT2D eigenvalue weighted by Gasteiger charge is -2.26. The summed E-state index contributed by atoms with van der Waals surface area (Å²) in [4.78, 5) is 25.3. The number of rotatable bonds is 5. The van der Waals surface area contributed by atoms with Crippen LogP contribution < -0.4 is 4.74 Å². The van der Waals surface area contributed by atoms with Gasteiger partial charge in [0.2, 0.25) is 0 Å². The van der Waals surface area contributed by atoms with Gasteiger partial charge in [-0.1, -0.05) is 11.6 Å². The monoisotopic (exact) mass is 367 g/mol. The van der Waals surface area contributed by atoms with Crippen LogP contribution in [0.5, 0.6) is 5.75 Å². The van der Waals surface area contributed by atoms with Crippen LogP contribution in [0.25, 0.3) is 0 Å². The van der Waals surface area contributed by atoms with E-state index < -0.39 is 23.3 Å². The molecule has 0 aliphatic carbocycles. The molecule has 1 aromatic carbocycles. The van der Waals surface area contributed by atoms with Gasteiger partial charge in [-0.3, -0.25) is 4.79 Å². The molecule has 0 radical (unpaired) electrons. The third-order valence-electron chi connectivity index (χ3n) is 3.54. The quantitative estimate of drug-likeness (QED) is 0.874. The fourth-order valence-corrected chi connectivity index (χ4v) is 3.92. The molecule has 1 fully saturated rings. The largest absolute Gasteiger partial charge is 0.484 e. The van der Waals surface area contributed by atoms with Crippen molar-refractivity contribution in [3.63, 3.8) is 0 Å². The Labute approximate surface area is 147 Å². The summed E-state index contributed by atoms with van der Waals surface area (Å²) >= 11 is 7.15. The van der Waals surface area contributed by atoms with Crippen LogP contribution in [0.4, 0.5) is 0 Å². The van der Waals surface area contributed by atoms with Crippen molar-refractivity contribution in [3.05, 3.63) is 53.4 Å². The number of carboxylic acids is 1. The van der Waals surface area contributed by atoms with Crippen LogP contribution in [0.15, 0.2) is 47.1 Å². The molecular formula is C16H14ClNO5S. The topological polar surface area (TPSA) is 80.0 Å². The van der Waals surface area contributed by atoms with Crippen LogP contribution in [-0.4, -0.2) is 40.3 Å². The van der Waals surface area contributed by atoms with Crippen LogP contribution >= 0.6 is 23.4 Å². The van der Waals surface area contributed by atoms with E-state index in [0.29, 0.717) is 22.3 Å². The van der Waals surface area contributed by atoms with Gasteiger partial charge in [0.15, 0.2) is 6.61 Å². The van der Waals surface area contributed by atoms with Crippen molar-refractivity contribution in [2.45, 2.75) is 11.4 Å². The van der Waals surface area contributed by atoms with Gasteiger partial charge in [0.25, 0.3) is 5.91 Å². The molecule has 0 spiro atoms. The van der Waals surface area contributed by atoms with E-state index >= 15 is 0 Å². The molecule has 2 unspecified atom stereocenters. The fourth-order valence-electron chi connectivity index (χ4n) is 2.40. The molecule has 0 bridgehead atoms. The van der Waals surface area contributed by atoms with Crippen molar-refractivity contribution in [2.24, 2.45) is 0 Å². The molecule has 3 rings (SSSR count). The first kappa shape index (κ1) is 16.7.